The fourth-order valence-corrected chi connectivity index (χ4v) is 3.38. The number of nitrogens with one attached hydrogen (secondary N) is 2. The Hall–Kier alpha value is -3.12. The number of para-hydroxylation sites is 1. The van der Waals surface area contributed by atoms with Crippen LogP contribution in [0.4, 0.5) is 5.82 Å². The number of anilines is 1. The second-order valence-corrected chi connectivity index (χ2v) is 6.80. The number of rotatable bonds is 5. The average Bonchev–Trinajstić information content (AvgIpc) is 2.74. The largest absolute Gasteiger partial charge is 0.496 e. The molecule has 0 radical (unpaired) electrons. The maximum Gasteiger partial charge on any atom is 0.260 e. The lowest BCUT2D eigenvalue weighted by Gasteiger charge is -2.24. The summed E-state index contributed by atoms with van der Waals surface area (Å²) in [6.07, 6.45) is 4.01. The fourth-order valence-electron chi connectivity index (χ4n) is 3.38. The van der Waals surface area contributed by atoms with E-state index in [9.17, 15) is 4.79 Å². The first-order valence-corrected chi connectivity index (χ1v) is 9.44. The van der Waals surface area contributed by atoms with Gasteiger partial charge in [-0.15, -0.1) is 0 Å². The lowest BCUT2D eigenvalue weighted by atomic mass is 10.1. The maximum absolute atomic E-state index is 12.6. The summed E-state index contributed by atoms with van der Waals surface area (Å²) in [6.45, 7) is 1.97. The first-order chi connectivity index (χ1) is 13.7. The molecule has 0 bridgehead atoms. The maximum atomic E-state index is 12.6. The van der Waals surface area contributed by atoms with Crippen molar-refractivity contribution in [2.24, 2.45) is 0 Å². The number of methoxy groups -OCH3 is 1. The minimum absolute atomic E-state index is 0.241. The Labute approximate surface area is 163 Å². The van der Waals surface area contributed by atoms with Crippen molar-refractivity contribution < 1.29 is 14.3 Å². The van der Waals surface area contributed by atoms with E-state index in [-0.39, 0.29) is 12.0 Å². The molecule has 3 aromatic rings. The highest BCUT2D eigenvalue weighted by Gasteiger charge is 2.15. The number of aromatic nitrogens is 1. The quantitative estimate of drug-likeness (QED) is 0.710. The molecule has 6 heteroatoms. The third kappa shape index (κ3) is 4.07. The summed E-state index contributed by atoms with van der Waals surface area (Å²) < 4.78 is 11.4. The molecule has 1 aromatic heterocycles. The van der Waals surface area contributed by atoms with E-state index in [1.807, 2.05) is 30.3 Å². The Balaban J connectivity index is 1.53. The van der Waals surface area contributed by atoms with E-state index in [0.29, 0.717) is 17.1 Å². The van der Waals surface area contributed by atoms with Crippen LogP contribution < -0.4 is 20.1 Å². The molecule has 0 spiro atoms. The van der Waals surface area contributed by atoms with Crippen molar-refractivity contribution in [3.8, 4) is 11.5 Å². The van der Waals surface area contributed by atoms with Crippen molar-refractivity contribution in [1.29, 1.82) is 0 Å². The van der Waals surface area contributed by atoms with Gasteiger partial charge in [0, 0.05) is 11.6 Å². The monoisotopic (exact) mass is 377 g/mol. The second kappa shape index (κ2) is 8.27. The van der Waals surface area contributed by atoms with Crippen molar-refractivity contribution in [1.82, 2.24) is 10.3 Å². The normalized spacial score (nSPS) is 14.6. The molecule has 28 heavy (non-hydrogen) atoms. The third-order valence-electron chi connectivity index (χ3n) is 4.88. The van der Waals surface area contributed by atoms with E-state index in [1.54, 1.807) is 31.5 Å². The molecule has 144 valence electrons. The zero-order chi connectivity index (χ0) is 19.3. The van der Waals surface area contributed by atoms with Crippen LogP contribution in [0.5, 0.6) is 11.5 Å². The first-order valence-electron chi connectivity index (χ1n) is 9.44. The number of ether oxygens (including phenoxy) is 2. The average molecular weight is 377 g/mol. The summed E-state index contributed by atoms with van der Waals surface area (Å²) >= 11 is 0. The van der Waals surface area contributed by atoms with Gasteiger partial charge in [-0.05, 0) is 67.7 Å². The summed E-state index contributed by atoms with van der Waals surface area (Å²) in [6, 6.07) is 14.9. The number of amides is 1. The molecule has 4 rings (SSSR count). The Bertz CT molecular complexity index is 984. The highest BCUT2D eigenvalue weighted by Crippen LogP contribution is 2.25. The van der Waals surface area contributed by atoms with Crippen molar-refractivity contribution in [2.75, 3.05) is 25.5 Å². The van der Waals surface area contributed by atoms with Crippen molar-refractivity contribution in [3.05, 3.63) is 60.3 Å². The number of hydrogen-bond donors (Lipinski definition) is 2. The third-order valence-corrected chi connectivity index (χ3v) is 4.88. The van der Waals surface area contributed by atoms with Gasteiger partial charge in [0.25, 0.3) is 5.91 Å². The SMILES string of the molecule is COc1ccccc1C(=O)Nc1cc2cc(OC3CCNCC3)ccc2cn1. The number of hydrogen-bond acceptors (Lipinski definition) is 5. The predicted octanol–water partition coefficient (Wildman–Crippen LogP) is 3.63. The topological polar surface area (TPSA) is 72.5 Å². The molecule has 0 aliphatic carbocycles. The summed E-state index contributed by atoms with van der Waals surface area (Å²) in [5.74, 6) is 1.60. The van der Waals surface area contributed by atoms with Crippen LogP contribution in [0.2, 0.25) is 0 Å². The summed E-state index contributed by atoms with van der Waals surface area (Å²) in [5.41, 5.74) is 0.467. The van der Waals surface area contributed by atoms with Gasteiger partial charge in [0.1, 0.15) is 23.4 Å². The van der Waals surface area contributed by atoms with E-state index in [1.165, 1.54) is 0 Å². The Kier molecular flexibility index (Phi) is 5.39. The molecule has 0 atom stereocenters. The molecule has 0 unspecified atom stereocenters. The minimum atomic E-state index is -0.258. The van der Waals surface area contributed by atoms with Crippen LogP contribution in [0.3, 0.4) is 0 Å². The van der Waals surface area contributed by atoms with Gasteiger partial charge < -0.3 is 20.1 Å². The molecule has 1 aliphatic rings. The fraction of sp³-hybridized carbons (Fsp3) is 0.273. The number of carbonyl (C=O) groups is 1. The smallest absolute Gasteiger partial charge is 0.260 e. The molecule has 1 amide bonds. The first kappa shape index (κ1) is 18.3. The molecule has 6 nitrogen and oxygen atoms in total. The molecule has 1 fully saturated rings. The van der Waals surface area contributed by atoms with Gasteiger partial charge >= 0.3 is 0 Å². The molecule has 0 saturated carbocycles. The lowest BCUT2D eigenvalue weighted by Crippen LogP contribution is -2.34. The Morgan fingerprint density at radius 2 is 1.93 bits per heavy atom. The van der Waals surface area contributed by atoms with Crippen molar-refractivity contribution in [2.45, 2.75) is 18.9 Å². The van der Waals surface area contributed by atoms with Crippen molar-refractivity contribution >= 4 is 22.5 Å². The van der Waals surface area contributed by atoms with Gasteiger partial charge in [-0.2, -0.15) is 0 Å². The predicted molar refractivity (Wildman–Crippen MR) is 109 cm³/mol. The molecule has 2 aromatic carbocycles. The summed E-state index contributed by atoms with van der Waals surface area (Å²) in [4.78, 5) is 16.9. The zero-order valence-electron chi connectivity index (χ0n) is 15.8. The molecule has 1 aliphatic heterocycles. The van der Waals surface area contributed by atoms with Crippen LogP contribution >= 0.6 is 0 Å². The lowest BCUT2D eigenvalue weighted by molar-refractivity contribution is 0.102. The van der Waals surface area contributed by atoms with Gasteiger partial charge in [0.2, 0.25) is 0 Å². The summed E-state index contributed by atoms with van der Waals surface area (Å²) in [5, 5.41) is 8.15. The molecular formula is C22H23N3O3. The highest BCUT2D eigenvalue weighted by molar-refractivity contribution is 6.06. The molecule has 2 N–H and O–H groups in total. The molecular weight excluding hydrogens is 354 g/mol. The van der Waals surface area contributed by atoms with Crippen LogP contribution in [0.25, 0.3) is 10.8 Å². The number of fused-ring (bicyclic) bond motifs is 1. The van der Waals surface area contributed by atoms with Gasteiger partial charge in [-0.3, -0.25) is 4.79 Å². The zero-order valence-corrected chi connectivity index (χ0v) is 15.8. The standard InChI is InChI=1S/C22H23N3O3/c1-27-20-5-3-2-4-19(20)22(26)25-21-13-16-12-18(7-6-15(16)14-24-21)28-17-8-10-23-11-9-17/h2-7,12-14,17,23H,8-11H2,1H3,(H,24,25,26). The van der Waals surface area contributed by atoms with Crippen LogP contribution in [0, 0.1) is 0 Å². The molecule has 1 saturated heterocycles. The van der Waals surface area contributed by atoms with E-state index in [0.717, 1.165) is 42.5 Å². The van der Waals surface area contributed by atoms with E-state index < -0.39 is 0 Å². The molecule has 2 heterocycles. The van der Waals surface area contributed by atoms with Crippen LogP contribution in [0.15, 0.2) is 54.7 Å². The van der Waals surface area contributed by atoms with Crippen LogP contribution in [0.1, 0.15) is 23.2 Å². The van der Waals surface area contributed by atoms with Crippen LogP contribution in [-0.4, -0.2) is 37.2 Å². The van der Waals surface area contributed by atoms with E-state index in [2.05, 4.69) is 15.6 Å². The van der Waals surface area contributed by atoms with Gasteiger partial charge in [0.05, 0.1) is 12.7 Å². The minimum Gasteiger partial charge on any atom is -0.496 e. The Morgan fingerprint density at radius 1 is 1.11 bits per heavy atom. The number of benzene rings is 2. The Morgan fingerprint density at radius 3 is 2.75 bits per heavy atom. The second-order valence-electron chi connectivity index (χ2n) is 6.80. The van der Waals surface area contributed by atoms with Crippen molar-refractivity contribution in [3.63, 3.8) is 0 Å². The number of carbonyl (C=O) groups excluding carboxylic acids is 1. The van der Waals surface area contributed by atoms with E-state index in [4.69, 9.17) is 9.47 Å². The number of piperidine rings is 1. The summed E-state index contributed by atoms with van der Waals surface area (Å²) in [7, 11) is 1.55. The van der Waals surface area contributed by atoms with Gasteiger partial charge in [0.15, 0.2) is 0 Å². The number of pyridine rings is 1. The highest BCUT2D eigenvalue weighted by atomic mass is 16.5. The number of nitrogens with zero attached hydrogens (tertiary/aromatic N) is 1. The van der Waals surface area contributed by atoms with Gasteiger partial charge in [-0.25, -0.2) is 4.98 Å². The van der Waals surface area contributed by atoms with E-state index >= 15 is 0 Å². The van der Waals surface area contributed by atoms with Crippen LogP contribution in [-0.2, 0) is 0 Å². The van der Waals surface area contributed by atoms with Gasteiger partial charge in [-0.1, -0.05) is 12.1 Å².